The number of sulfonamides is 1. The highest BCUT2D eigenvalue weighted by Gasteiger charge is 2.29. The Balaban J connectivity index is 1.66. The lowest BCUT2D eigenvalue weighted by Crippen LogP contribution is -2.44. The maximum atomic E-state index is 13.0. The van der Waals surface area contributed by atoms with Crippen molar-refractivity contribution in [2.45, 2.75) is 23.9 Å². The average Bonchev–Trinajstić information content (AvgIpc) is 3.57. The van der Waals surface area contributed by atoms with Crippen LogP contribution >= 0.6 is 0 Å². The number of nitrogens with two attached hydrogens (primary N) is 1. The zero-order chi connectivity index (χ0) is 23.5. The summed E-state index contributed by atoms with van der Waals surface area (Å²) in [6.07, 6.45) is 2.74. The van der Waals surface area contributed by atoms with Crippen LogP contribution in [0.2, 0.25) is 0 Å². The number of amidine groups is 1. The Morgan fingerprint density at radius 3 is 2.68 bits per heavy atom. The summed E-state index contributed by atoms with van der Waals surface area (Å²) in [5.74, 6) is 1.07. The number of aromatic nitrogens is 1. The SMILES string of the molecule is NS(=O)(=O)c1c(CN[C@@H]2CCNC2)ccc(-c2cccnc2N2CCNCC2)c1C1=NCN=N1. The minimum absolute atomic E-state index is 0.0400. The zero-order valence-corrected chi connectivity index (χ0v) is 19.7. The summed E-state index contributed by atoms with van der Waals surface area (Å²) in [7, 11) is -4.10. The van der Waals surface area contributed by atoms with Crippen molar-refractivity contribution in [2.75, 3.05) is 50.8 Å². The van der Waals surface area contributed by atoms with Gasteiger partial charge in [0.1, 0.15) is 5.82 Å². The van der Waals surface area contributed by atoms with Crippen LogP contribution in [0, 0.1) is 0 Å². The first kappa shape index (κ1) is 23.0. The van der Waals surface area contributed by atoms with Crippen molar-refractivity contribution >= 4 is 21.7 Å². The number of pyridine rings is 1. The number of aliphatic imine (C=N–C) groups is 1. The second-order valence-corrected chi connectivity index (χ2v) is 10.1. The Labute approximate surface area is 199 Å². The number of anilines is 1. The van der Waals surface area contributed by atoms with Crippen LogP contribution in [0.4, 0.5) is 5.82 Å². The Morgan fingerprint density at radius 2 is 1.97 bits per heavy atom. The molecule has 1 atom stereocenters. The number of benzene rings is 1. The van der Waals surface area contributed by atoms with E-state index in [1.807, 2.05) is 24.3 Å². The van der Waals surface area contributed by atoms with E-state index in [-0.39, 0.29) is 23.4 Å². The number of nitrogens with one attached hydrogen (secondary N) is 3. The topological polar surface area (TPSA) is 149 Å². The van der Waals surface area contributed by atoms with Gasteiger partial charge < -0.3 is 20.9 Å². The normalized spacial score (nSPS) is 20.7. The van der Waals surface area contributed by atoms with E-state index in [4.69, 9.17) is 5.14 Å². The first-order valence-corrected chi connectivity index (χ1v) is 13.0. The van der Waals surface area contributed by atoms with Crippen LogP contribution in [0.15, 0.2) is 50.6 Å². The van der Waals surface area contributed by atoms with Crippen molar-refractivity contribution in [2.24, 2.45) is 20.4 Å². The number of hydrogen-bond donors (Lipinski definition) is 4. The highest BCUT2D eigenvalue weighted by Crippen LogP contribution is 2.37. The molecule has 34 heavy (non-hydrogen) atoms. The second-order valence-electron chi connectivity index (χ2n) is 8.57. The summed E-state index contributed by atoms with van der Waals surface area (Å²) >= 11 is 0. The molecule has 2 fully saturated rings. The molecule has 0 radical (unpaired) electrons. The zero-order valence-electron chi connectivity index (χ0n) is 18.9. The smallest absolute Gasteiger partial charge is 0.239 e. The molecule has 2 aromatic rings. The van der Waals surface area contributed by atoms with Crippen LogP contribution in [0.3, 0.4) is 0 Å². The molecule has 0 spiro atoms. The van der Waals surface area contributed by atoms with Crippen LogP contribution in [-0.2, 0) is 16.6 Å². The van der Waals surface area contributed by atoms with Crippen LogP contribution < -0.4 is 26.0 Å². The molecule has 3 aliphatic heterocycles. The van der Waals surface area contributed by atoms with Gasteiger partial charge in [0.2, 0.25) is 10.0 Å². The molecule has 5 rings (SSSR count). The summed E-state index contributed by atoms with van der Waals surface area (Å²) in [5.41, 5.74) is 2.47. The number of piperazine rings is 1. The fourth-order valence-corrected chi connectivity index (χ4v) is 5.70. The van der Waals surface area contributed by atoms with E-state index in [1.165, 1.54) is 0 Å². The lowest BCUT2D eigenvalue weighted by molar-refractivity contribution is 0.541. The standard InChI is InChI=1S/C22H29N9O2S/c23-34(32,33)20-15(12-27-16-5-7-25-13-16)3-4-17(19(20)21-28-14-29-30-21)18-2-1-6-26-22(18)31-10-8-24-9-11-31/h1-4,6,16,24-25,27H,5,7-14H2,(H2,23,32,33)/t16-/m1/s1. The molecule has 1 aromatic heterocycles. The average molecular weight is 484 g/mol. The van der Waals surface area contributed by atoms with Crippen molar-refractivity contribution in [3.8, 4) is 11.1 Å². The predicted octanol–water partition coefficient (Wildman–Crippen LogP) is 0.427. The van der Waals surface area contributed by atoms with Crippen LogP contribution in [0.25, 0.3) is 11.1 Å². The van der Waals surface area contributed by atoms with Gasteiger partial charge in [-0.3, -0.25) is 0 Å². The largest absolute Gasteiger partial charge is 0.354 e. The lowest BCUT2D eigenvalue weighted by Gasteiger charge is -2.30. The first-order valence-electron chi connectivity index (χ1n) is 11.5. The maximum absolute atomic E-state index is 13.0. The molecule has 11 nitrogen and oxygen atoms in total. The van der Waals surface area contributed by atoms with Crippen LogP contribution in [-0.4, -0.2) is 71.2 Å². The molecule has 0 bridgehead atoms. The Morgan fingerprint density at radius 1 is 1.12 bits per heavy atom. The summed E-state index contributed by atoms with van der Waals surface area (Å²) in [4.78, 5) is 11.3. The highest BCUT2D eigenvalue weighted by atomic mass is 32.2. The quantitative estimate of drug-likeness (QED) is 0.446. The van der Waals surface area contributed by atoms with Gasteiger partial charge in [0.25, 0.3) is 0 Å². The van der Waals surface area contributed by atoms with Crippen molar-refractivity contribution in [1.82, 2.24) is 20.9 Å². The molecule has 2 saturated heterocycles. The summed E-state index contributed by atoms with van der Waals surface area (Å²) in [5, 5.41) is 24.1. The van der Waals surface area contributed by atoms with Gasteiger partial charge in [-0.2, -0.15) is 5.11 Å². The van der Waals surface area contributed by atoms with Crippen LogP contribution in [0.1, 0.15) is 17.5 Å². The highest BCUT2D eigenvalue weighted by molar-refractivity contribution is 7.89. The van der Waals surface area contributed by atoms with E-state index in [9.17, 15) is 8.42 Å². The molecule has 0 unspecified atom stereocenters. The molecule has 12 heteroatoms. The van der Waals surface area contributed by atoms with E-state index >= 15 is 0 Å². The maximum Gasteiger partial charge on any atom is 0.239 e. The van der Waals surface area contributed by atoms with Gasteiger partial charge in [-0.05, 0) is 36.2 Å². The lowest BCUT2D eigenvalue weighted by atomic mass is 9.96. The number of hydrogen-bond acceptors (Lipinski definition) is 10. The van der Waals surface area contributed by atoms with Crippen molar-refractivity contribution in [3.63, 3.8) is 0 Å². The minimum Gasteiger partial charge on any atom is -0.354 e. The monoisotopic (exact) mass is 483 g/mol. The molecule has 5 N–H and O–H groups in total. The third-order valence-electron chi connectivity index (χ3n) is 6.33. The third-order valence-corrected chi connectivity index (χ3v) is 7.37. The van der Waals surface area contributed by atoms with Gasteiger partial charge >= 0.3 is 0 Å². The Kier molecular flexibility index (Phi) is 6.66. The molecular formula is C22H29N9O2S. The van der Waals surface area contributed by atoms with Crippen molar-refractivity contribution in [1.29, 1.82) is 0 Å². The van der Waals surface area contributed by atoms with Gasteiger partial charge in [0.05, 0.1) is 4.90 Å². The molecule has 0 aliphatic carbocycles. The fraction of sp³-hybridized carbons (Fsp3) is 0.455. The Bertz CT molecular complexity index is 1220. The Hall–Kier alpha value is -2.77. The predicted molar refractivity (Wildman–Crippen MR) is 131 cm³/mol. The molecule has 4 heterocycles. The molecule has 0 amide bonds. The number of rotatable bonds is 7. The fourth-order valence-electron chi connectivity index (χ4n) is 4.71. The number of azo groups is 1. The number of primary sulfonamides is 1. The van der Waals surface area contributed by atoms with Crippen molar-refractivity contribution < 1.29 is 8.42 Å². The molecule has 3 aliphatic rings. The van der Waals surface area contributed by atoms with Gasteiger partial charge in [-0.25, -0.2) is 23.5 Å². The molecule has 180 valence electrons. The molecular weight excluding hydrogens is 454 g/mol. The van der Waals surface area contributed by atoms with E-state index < -0.39 is 10.0 Å². The van der Waals surface area contributed by atoms with E-state index in [0.717, 1.165) is 57.1 Å². The van der Waals surface area contributed by atoms with Crippen molar-refractivity contribution in [3.05, 3.63) is 41.6 Å². The third kappa shape index (κ3) is 4.72. The van der Waals surface area contributed by atoms with E-state index in [2.05, 4.69) is 41.1 Å². The van der Waals surface area contributed by atoms with Gasteiger partial charge in [-0.1, -0.05) is 12.1 Å². The first-order chi connectivity index (χ1) is 16.5. The van der Waals surface area contributed by atoms with E-state index in [0.29, 0.717) is 23.2 Å². The summed E-state index contributed by atoms with van der Waals surface area (Å²) in [6, 6.07) is 7.83. The van der Waals surface area contributed by atoms with Gasteiger partial charge in [0.15, 0.2) is 12.5 Å². The number of nitrogens with zero attached hydrogens (tertiary/aromatic N) is 5. The van der Waals surface area contributed by atoms with Gasteiger partial charge in [0, 0.05) is 62.6 Å². The minimum atomic E-state index is -4.10. The molecule has 1 aromatic carbocycles. The van der Waals surface area contributed by atoms with Crippen LogP contribution in [0.5, 0.6) is 0 Å². The van der Waals surface area contributed by atoms with E-state index in [1.54, 1.807) is 6.20 Å². The summed E-state index contributed by atoms with van der Waals surface area (Å²) < 4.78 is 25.9. The summed E-state index contributed by atoms with van der Waals surface area (Å²) in [6.45, 7) is 5.64. The molecule has 0 saturated carbocycles. The van der Waals surface area contributed by atoms with Gasteiger partial charge in [-0.15, -0.1) is 5.11 Å². The second kappa shape index (κ2) is 9.84.